The molecule has 148 valence electrons. The normalized spacial score (nSPS) is 11.8. The van der Waals surface area contributed by atoms with Crippen molar-refractivity contribution in [3.8, 4) is 0 Å². The molecule has 0 saturated carbocycles. The summed E-state index contributed by atoms with van der Waals surface area (Å²) in [6.07, 6.45) is 6.10. The molecule has 0 aliphatic heterocycles. The maximum absolute atomic E-state index is 6.07. The zero-order valence-electron chi connectivity index (χ0n) is 16.5. The van der Waals surface area contributed by atoms with Gasteiger partial charge in [-0.15, -0.1) is 0 Å². The van der Waals surface area contributed by atoms with Crippen molar-refractivity contribution in [2.24, 2.45) is 11.5 Å². The molecule has 0 radical (unpaired) electrons. The second-order valence-electron chi connectivity index (χ2n) is 5.63. The summed E-state index contributed by atoms with van der Waals surface area (Å²) in [6, 6.07) is 0. The predicted octanol–water partition coefficient (Wildman–Crippen LogP) is 2.46. The topological polar surface area (TPSA) is 67.8 Å². The Hall–Kier alpha value is 1.09. The van der Waals surface area contributed by atoms with E-state index in [1.165, 1.54) is 18.6 Å². The fourth-order valence-electron chi connectivity index (χ4n) is 2.42. The minimum atomic E-state index is -0.264. The lowest BCUT2D eigenvalue weighted by molar-refractivity contribution is 0.126. The van der Waals surface area contributed by atoms with Crippen LogP contribution >= 0.6 is 26.0 Å². The molecule has 24 heavy (non-hydrogen) atoms. The summed E-state index contributed by atoms with van der Waals surface area (Å²) in [4.78, 5) is 4.88. The highest BCUT2D eigenvalue weighted by atomic mass is 31.1. The van der Waals surface area contributed by atoms with Crippen LogP contribution in [-0.4, -0.2) is 86.7 Å². The average Bonchev–Trinajstić information content (AvgIpc) is 2.57. The van der Waals surface area contributed by atoms with E-state index in [1.807, 2.05) is 0 Å². The van der Waals surface area contributed by atoms with Crippen LogP contribution in [0.25, 0.3) is 0 Å². The zero-order valence-corrected chi connectivity index (χ0v) is 19.7. The molecule has 0 spiro atoms. The number of hydrogen-bond donors (Lipinski definition) is 2. The minimum absolute atomic E-state index is 0. The van der Waals surface area contributed by atoms with E-state index in [1.54, 1.807) is 0 Å². The Morgan fingerprint density at radius 1 is 0.750 bits per heavy atom. The van der Waals surface area contributed by atoms with Crippen molar-refractivity contribution in [1.82, 2.24) is 9.80 Å². The first kappa shape index (κ1) is 27.3. The van der Waals surface area contributed by atoms with Gasteiger partial charge in [-0.1, -0.05) is 35.6 Å². The smallest absolute Gasteiger partial charge is 0.103 e. The maximum Gasteiger partial charge on any atom is 0.103 e. The van der Waals surface area contributed by atoms with Gasteiger partial charge in [-0.05, 0) is 24.6 Å². The third-order valence-electron chi connectivity index (χ3n) is 4.05. The van der Waals surface area contributed by atoms with Crippen molar-refractivity contribution in [2.75, 3.05) is 76.9 Å². The lowest BCUT2D eigenvalue weighted by atomic mass is 10.4. The van der Waals surface area contributed by atoms with Gasteiger partial charge in [0.1, 0.15) is 6.73 Å². The Bertz CT molecular complexity index is 257. The van der Waals surface area contributed by atoms with Crippen molar-refractivity contribution in [3.05, 3.63) is 0 Å². The Morgan fingerprint density at radius 2 is 1.25 bits per heavy atom. The molecule has 5 nitrogen and oxygen atoms in total. The molecule has 4 N–H and O–H groups in total. The maximum atomic E-state index is 6.07. The molecule has 8 heteroatoms. The fourth-order valence-corrected chi connectivity index (χ4v) is 5.25. The van der Waals surface area contributed by atoms with Crippen molar-refractivity contribution in [2.45, 2.75) is 27.7 Å². The van der Waals surface area contributed by atoms with E-state index in [0.29, 0.717) is 6.54 Å². The van der Waals surface area contributed by atoms with Gasteiger partial charge in [-0.25, -0.2) is 0 Å². The van der Waals surface area contributed by atoms with Crippen LogP contribution in [0, 0.1) is 0 Å². The molecule has 0 aromatic heterocycles. The second-order valence-corrected chi connectivity index (χ2v) is 11.0. The number of hydrogen-bond acceptors (Lipinski definition) is 5. The van der Waals surface area contributed by atoms with E-state index in [-0.39, 0.29) is 26.0 Å². The van der Waals surface area contributed by atoms with Gasteiger partial charge in [0, 0.05) is 53.7 Å². The summed E-state index contributed by atoms with van der Waals surface area (Å²) in [5.74, 6) is 0. The first-order valence-corrected chi connectivity index (χ1v) is 12.6. The van der Waals surface area contributed by atoms with E-state index in [0.717, 1.165) is 51.8 Å². The SMILES string of the molecule is CCP(CC)CN(CCN)CCN(CCN)COP(CC)CC.P. The molecule has 0 saturated heterocycles. The van der Waals surface area contributed by atoms with E-state index in [9.17, 15) is 0 Å². The molecule has 0 aromatic carbocycles. The lowest BCUT2D eigenvalue weighted by Gasteiger charge is -2.30. The van der Waals surface area contributed by atoms with Crippen LogP contribution in [-0.2, 0) is 4.52 Å². The highest BCUT2D eigenvalue weighted by molar-refractivity contribution is 7.57. The molecule has 1 unspecified atom stereocenters. The number of rotatable bonds is 16. The summed E-state index contributed by atoms with van der Waals surface area (Å²) in [5, 5.41) is 0. The van der Waals surface area contributed by atoms with Gasteiger partial charge >= 0.3 is 0 Å². The Labute approximate surface area is 156 Å². The Kier molecular flexibility index (Phi) is 21.5. The van der Waals surface area contributed by atoms with Crippen LogP contribution in [0.4, 0.5) is 0 Å². The first-order chi connectivity index (χ1) is 11.1. The molecule has 0 aliphatic carbocycles. The molecule has 1 atom stereocenters. The number of nitrogens with zero attached hydrogens (tertiary/aromatic N) is 2. The third-order valence-corrected chi connectivity index (χ3v) is 8.53. The van der Waals surface area contributed by atoms with Crippen LogP contribution in [0.15, 0.2) is 0 Å². The molecular formula is C16H43N4OP3. The molecule has 0 aromatic rings. The summed E-state index contributed by atoms with van der Waals surface area (Å²) in [7, 11) is -0.135. The second kappa shape index (κ2) is 18.9. The highest BCUT2D eigenvalue weighted by Gasteiger charge is 2.13. The summed E-state index contributed by atoms with van der Waals surface area (Å²) >= 11 is 0. The van der Waals surface area contributed by atoms with Gasteiger partial charge in [0.15, 0.2) is 0 Å². The van der Waals surface area contributed by atoms with E-state index >= 15 is 0 Å². The highest BCUT2D eigenvalue weighted by Crippen LogP contribution is 2.36. The molecule has 0 heterocycles. The van der Waals surface area contributed by atoms with Gasteiger partial charge in [-0.3, -0.25) is 9.80 Å². The molecule has 0 rings (SSSR count). The predicted molar refractivity (Wildman–Crippen MR) is 119 cm³/mol. The minimum Gasteiger partial charge on any atom is -0.344 e. The van der Waals surface area contributed by atoms with Gasteiger partial charge in [0.25, 0.3) is 0 Å². The van der Waals surface area contributed by atoms with Gasteiger partial charge in [-0.2, -0.15) is 9.90 Å². The molecule has 0 amide bonds. The van der Waals surface area contributed by atoms with E-state index < -0.39 is 0 Å². The average molecular weight is 400 g/mol. The molecule has 0 bridgehead atoms. The lowest BCUT2D eigenvalue weighted by Crippen LogP contribution is -2.40. The molecular weight excluding hydrogens is 357 g/mol. The summed E-state index contributed by atoms with van der Waals surface area (Å²) < 4.78 is 6.07. The van der Waals surface area contributed by atoms with Crippen LogP contribution in [0.2, 0.25) is 0 Å². The molecule has 0 fully saturated rings. The van der Waals surface area contributed by atoms with Crippen molar-refractivity contribution >= 4 is 26.0 Å². The van der Waals surface area contributed by atoms with Crippen LogP contribution in [0.3, 0.4) is 0 Å². The van der Waals surface area contributed by atoms with Crippen molar-refractivity contribution in [1.29, 1.82) is 0 Å². The van der Waals surface area contributed by atoms with Crippen LogP contribution < -0.4 is 11.5 Å². The Balaban J connectivity index is 0. The Morgan fingerprint density at radius 3 is 1.71 bits per heavy atom. The van der Waals surface area contributed by atoms with Gasteiger partial charge < -0.3 is 16.0 Å². The number of nitrogens with two attached hydrogens (primary N) is 2. The summed E-state index contributed by atoms with van der Waals surface area (Å²) in [6.45, 7) is 15.2. The van der Waals surface area contributed by atoms with E-state index in [4.69, 9.17) is 16.0 Å². The summed E-state index contributed by atoms with van der Waals surface area (Å²) in [5.41, 5.74) is 11.6. The first-order valence-electron chi connectivity index (χ1n) is 9.09. The standard InChI is InChI=1S/C16H40N4OP2.H3P/c1-5-22(6-2)16-20(12-10-18)14-13-19(11-9-17)15-21-23(7-3)8-4;/h5-18H2,1-4H3;1H3. The van der Waals surface area contributed by atoms with Crippen molar-refractivity contribution in [3.63, 3.8) is 0 Å². The zero-order chi connectivity index (χ0) is 17.5. The largest absolute Gasteiger partial charge is 0.344 e. The van der Waals surface area contributed by atoms with E-state index in [2.05, 4.69) is 37.5 Å². The molecule has 0 aliphatic rings. The monoisotopic (exact) mass is 400 g/mol. The fraction of sp³-hybridized carbons (Fsp3) is 1.00. The van der Waals surface area contributed by atoms with Crippen molar-refractivity contribution < 1.29 is 4.52 Å². The van der Waals surface area contributed by atoms with Crippen LogP contribution in [0.5, 0.6) is 0 Å². The third kappa shape index (κ3) is 13.3. The van der Waals surface area contributed by atoms with Gasteiger partial charge in [0.2, 0.25) is 0 Å². The van der Waals surface area contributed by atoms with Gasteiger partial charge in [0.05, 0.1) is 0 Å². The van der Waals surface area contributed by atoms with Crippen LogP contribution in [0.1, 0.15) is 27.7 Å². The quantitative estimate of drug-likeness (QED) is 0.308.